The van der Waals surface area contributed by atoms with Crippen molar-refractivity contribution in [2.75, 3.05) is 19.8 Å². The van der Waals surface area contributed by atoms with E-state index in [1.54, 1.807) is 0 Å². The van der Waals surface area contributed by atoms with Crippen LogP contribution in [-0.2, 0) is 20.7 Å². The fourth-order valence-electron chi connectivity index (χ4n) is 1.47. The van der Waals surface area contributed by atoms with E-state index in [2.05, 4.69) is 0 Å². The molecule has 16 heavy (non-hydrogen) atoms. The molecule has 4 heteroatoms. The summed E-state index contributed by atoms with van der Waals surface area (Å²) in [6, 6.07) is 10.1. The maximum absolute atomic E-state index is 5.48. The van der Waals surface area contributed by atoms with E-state index in [0.717, 1.165) is 0 Å². The molecule has 1 heterocycles. The van der Waals surface area contributed by atoms with Crippen molar-refractivity contribution in [1.29, 1.82) is 0 Å². The Hall–Kier alpha value is -1.10. The molecule has 0 aliphatic carbocycles. The third-order valence-electron chi connectivity index (χ3n) is 2.27. The Labute approximate surface area is 96.2 Å². The Balaban J connectivity index is 1.61. The molecule has 1 aromatic rings. The number of rotatable bonds is 5. The van der Waals surface area contributed by atoms with Gasteiger partial charge < -0.3 is 14.0 Å². The molecule has 0 atom stereocenters. The van der Waals surface area contributed by atoms with Crippen LogP contribution < -0.4 is 0 Å². The van der Waals surface area contributed by atoms with Crippen LogP contribution in [0.1, 0.15) is 5.56 Å². The molecule has 3 nitrogen and oxygen atoms in total. The summed E-state index contributed by atoms with van der Waals surface area (Å²) < 4.78 is 16.0. The molecule has 1 saturated heterocycles. The Morgan fingerprint density at radius 2 is 1.94 bits per heavy atom. The van der Waals surface area contributed by atoms with Crippen molar-refractivity contribution in [3.63, 3.8) is 0 Å². The molecule has 1 aliphatic rings. The summed E-state index contributed by atoms with van der Waals surface area (Å²) in [7, 11) is -0.180. The van der Waals surface area contributed by atoms with Gasteiger partial charge in [-0.25, -0.2) is 0 Å². The summed E-state index contributed by atoms with van der Waals surface area (Å²) in [5.41, 5.74) is 1.18. The van der Waals surface area contributed by atoms with E-state index in [0.29, 0.717) is 26.4 Å². The van der Waals surface area contributed by atoms with Crippen molar-refractivity contribution < 1.29 is 14.0 Å². The fourth-order valence-corrected chi connectivity index (χ4v) is 1.47. The van der Waals surface area contributed by atoms with E-state index in [1.807, 2.05) is 42.4 Å². The number of ether oxygens (including phenoxy) is 1. The normalized spacial score (nSPS) is 16.1. The molecule has 1 aliphatic heterocycles. The topological polar surface area (TPSA) is 27.7 Å². The van der Waals surface area contributed by atoms with Crippen molar-refractivity contribution in [1.82, 2.24) is 0 Å². The van der Waals surface area contributed by atoms with Gasteiger partial charge >= 0.3 is 7.12 Å². The summed E-state index contributed by atoms with van der Waals surface area (Å²) in [6.45, 7) is 2.58. The lowest BCUT2D eigenvalue weighted by Crippen LogP contribution is -2.10. The smallest absolute Gasteiger partial charge is 0.405 e. The first kappa shape index (κ1) is 11.4. The highest BCUT2D eigenvalue weighted by Crippen LogP contribution is 2.02. The number of hydrogen-bond donors (Lipinski definition) is 0. The van der Waals surface area contributed by atoms with E-state index in [4.69, 9.17) is 14.0 Å². The Kier molecular flexibility index (Phi) is 4.61. The Morgan fingerprint density at radius 1 is 1.19 bits per heavy atom. The Morgan fingerprint density at radius 3 is 2.69 bits per heavy atom. The maximum atomic E-state index is 5.48. The SMILES string of the molecule is C(=C\B1OCCO1)/COCc1ccccc1. The van der Waals surface area contributed by atoms with Crippen molar-refractivity contribution in [2.24, 2.45) is 0 Å². The molecule has 2 rings (SSSR count). The minimum absolute atomic E-state index is 0.180. The molecule has 0 bridgehead atoms. The van der Waals surface area contributed by atoms with Gasteiger partial charge in [0, 0.05) is 0 Å². The van der Waals surface area contributed by atoms with E-state index in [9.17, 15) is 0 Å². The highest BCUT2D eigenvalue weighted by atomic mass is 16.6. The van der Waals surface area contributed by atoms with Crippen LogP contribution in [0.4, 0.5) is 0 Å². The van der Waals surface area contributed by atoms with Gasteiger partial charge in [0.1, 0.15) is 0 Å². The van der Waals surface area contributed by atoms with Crippen molar-refractivity contribution in [3.05, 3.63) is 47.9 Å². The quantitative estimate of drug-likeness (QED) is 0.557. The van der Waals surface area contributed by atoms with Crippen LogP contribution in [0.2, 0.25) is 0 Å². The van der Waals surface area contributed by atoms with Gasteiger partial charge in [-0.1, -0.05) is 42.4 Å². The molecule has 0 N–H and O–H groups in total. The molecule has 1 fully saturated rings. The largest absolute Gasteiger partial charge is 0.486 e. The van der Waals surface area contributed by atoms with E-state index < -0.39 is 0 Å². The third-order valence-corrected chi connectivity index (χ3v) is 2.27. The lowest BCUT2D eigenvalue weighted by atomic mass is 9.91. The molecule has 0 amide bonds. The van der Waals surface area contributed by atoms with Gasteiger partial charge in [0.15, 0.2) is 0 Å². The third kappa shape index (κ3) is 3.81. The molecule has 84 valence electrons. The van der Waals surface area contributed by atoms with Gasteiger partial charge in [-0.05, 0) is 5.56 Å². The average Bonchev–Trinajstić information content (AvgIpc) is 2.83. The summed E-state index contributed by atoms with van der Waals surface area (Å²) in [5.74, 6) is 1.89. The molecule has 0 radical (unpaired) electrons. The standard InChI is InChI=1S/C12H15BO3/c1-2-5-12(6-3-1)11-14-8-4-7-13-15-9-10-16-13/h1-7H,8-11H2/b7-4+. The van der Waals surface area contributed by atoms with Crippen LogP contribution >= 0.6 is 0 Å². The van der Waals surface area contributed by atoms with Crippen LogP contribution in [-0.4, -0.2) is 26.9 Å². The summed E-state index contributed by atoms with van der Waals surface area (Å²) in [6.07, 6.45) is 1.93. The first-order chi connectivity index (χ1) is 7.95. The van der Waals surface area contributed by atoms with Gasteiger partial charge in [0.2, 0.25) is 0 Å². The summed E-state index contributed by atoms with van der Waals surface area (Å²) in [4.78, 5) is 0. The zero-order chi connectivity index (χ0) is 11.1. The van der Waals surface area contributed by atoms with Crippen molar-refractivity contribution in [3.8, 4) is 0 Å². The zero-order valence-corrected chi connectivity index (χ0v) is 9.17. The van der Waals surface area contributed by atoms with E-state index in [-0.39, 0.29) is 7.12 Å². The second-order valence-corrected chi connectivity index (χ2v) is 3.54. The molecule has 1 aromatic carbocycles. The monoisotopic (exact) mass is 218 g/mol. The number of hydrogen-bond acceptors (Lipinski definition) is 3. The lowest BCUT2D eigenvalue weighted by molar-refractivity contribution is 0.148. The van der Waals surface area contributed by atoms with Gasteiger partial charge in [0.05, 0.1) is 26.4 Å². The Bertz CT molecular complexity index is 320. The van der Waals surface area contributed by atoms with Crippen LogP contribution in [0.15, 0.2) is 42.4 Å². The molecular formula is C12H15BO3. The molecule has 0 spiro atoms. The molecular weight excluding hydrogens is 203 g/mol. The summed E-state index contributed by atoms with van der Waals surface area (Å²) in [5, 5.41) is 0. The predicted octanol–water partition coefficient (Wildman–Crippen LogP) is 1.83. The predicted molar refractivity (Wildman–Crippen MR) is 62.9 cm³/mol. The van der Waals surface area contributed by atoms with Gasteiger partial charge in [-0.2, -0.15) is 0 Å². The highest BCUT2D eigenvalue weighted by molar-refractivity contribution is 6.51. The van der Waals surface area contributed by atoms with Crippen LogP contribution in [0.25, 0.3) is 0 Å². The molecule has 0 aromatic heterocycles. The van der Waals surface area contributed by atoms with Crippen LogP contribution in [0.3, 0.4) is 0 Å². The van der Waals surface area contributed by atoms with Gasteiger partial charge in [-0.15, -0.1) is 0 Å². The van der Waals surface area contributed by atoms with Gasteiger partial charge in [0.25, 0.3) is 0 Å². The first-order valence-electron chi connectivity index (χ1n) is 5.47. The minimum Gasteiger partial charge on any atom is -0.405 e. The van der Waals surface area contributed by atoms with E-state index in [1.165, 1.54) is 5.56 Å². The number of benzene rings is 1. The van der Waals surface area contributed by atoms with Crippen molar-refractivity contribution >= 4 is 7.12 Å². The van der Waals surface area contributed by atoms with E-state index >= 15 is 0 Å². The van der Waals surface area contributed by atoms with Crippen molar-refractivity contribution in [2.45, 2.75) is 6.61 Å². The summed E-state index contributed by atoms with van der Waals surface area (Å²) >= 11 is 0. The fraction of sp³-hybridized carbons (Fsp3) is 0.333. The zero-order valence-electron chi connectivity index (χ0n) is 9.17. The maximum Gasteiger partial charge on any atom is 0.486 e. The van der Waals surface area contributed by atoms with Crippen LogP contribution in [0, 0.1) is 0 Å². The molecule has 0 saturated carbocycles. The average molecular weight is 218 g/mol. The van der Waals surface area contributed by atoms with Crippen LogP contribution in [0.5, 0.6) is 0 Å². The lowest BCUT2D eigenvalue weighted by Gasteiger charge is -2.01. The first-order valence-corrected chi connectivity index (χ1v) is 5.47. The molecule has 0 unspecified atom stereocenters. The second-order valence-electron chi connectivity index (χ2n) is 3.54. The highest BCUT2D eigenvalue weighted by Gasteiger charge is 2.19. The van der Waals surface area contributed by atoms with Gasteiger partial charge in [-0.3, -0.25) is 0 Å². The second kappa shape index (κ2) is 6.48. The minimum atomic E-state index is -0.180.